The first kappa shape index (κ1) is 10.4. The Balaban J connectivity index is 2.15. The fraction of sp³-hybridized carbons (Fsp3) is 1.00. The summed E-state index contributed by atoms with van der Waals surface area (Å²) in [6.07, 6.45) is 9.63. The summed E-state index contributed by atoms with van der Waals surface area (Å²) >= 11 is 0. The highest BCUT2D eigenvalue weighted by Gasteiger charge is 2.27. The van der Waals surface area contributed by atoms with Gasteiger partial charge in [-0.1, -0.05) is 6.42 Å². The second-order valence-electron chi connectivity index (χ2n) is 3.56. The Labute approximate surface area is 79.2 Å². The van der Waals surface area contributed by atoms with Crippen molar-refractivity contribution in [1.82, 2.24) is 0 Å². The smallest absolute Gasteiger partial charge is 0.207 e. The van der Waals surface area contributed by atoms with Gasteiger partial charge in [0.25, 0.3) is 0 Å². The monoisotopic (exact) mass is 189 g/mol. The van der Waals surface area contributed by atoms with Crippen LogP contribution in [0, 0.1) is 0 Å². The zero-order valence-electron chi connectivity index (χ0n) is 8.34. The molecule has 72 valence electrons. The molecule has 0 aromatic heterocycles. The lowest BCUT2D eigenvalue weighted by Crippen LogP contribution is -2.26. The third-order valence-corrected chi connectivity index (χ3v) is 4.74. The third kappa shape index (κ3) is 3.36. The summed E-state index contributed by atoms with van der Waals surface area (Å²) in [5.41, 5.74) is 0. The van der Waals surface area contributed by atoms with E-state index in [9.17, 15) is 0 Å². The van der Waals surface area contributed by atoms with E-state index in [1.54, 1.807) is 0 Å². The first-order valence-corrected chi connectivity index (χ1v) is 6.90. The van der Waals surface area contributed by atoms with Crippen LogP contribution < -0.4 is 0 Å². The van der Waals surface area contributed by atoms with Crippen molar-refractivity contribution in [2.75, 3.05) is 18.8 Å². The van der Waals surface area contributed by atoms with Crippen molar-refractivity contribution in [3.05, 3.63) is 0 Å². The van der Waals surface area contributed by atoms with Crippen molar-refractivity contribution in [3.63, 3.8) is 0 Å². The summed E-state index contributed by atoms with van der Waals surface area (Å²) in [6.45, 7) is 2.96. The molecule has 1 aliphatic carbocycles. The number of rotatable bonds is 4. The highest BCUT2D eigenvalue weighted by molar-refractivity contribution is 7.96. The summed E-state index contributed by atoms with van der Waals surface area (Å²) in [4.78, 5) is 0. The van der Waals surface area contributed by atoms with Crippen LogP contribution in [0.15, 0.2) is 0 Å². The van der Waals surface area contributed by atoms with E-state index in [1.807, 2.05) is 0 Å². The van der Waals surface area contributed by atoms with Crippen LogP contribution in [0.4, 0.5) is 0 Å². The van der Waals surface area contributed by atoms with Crippen molar-refractivity contribution in [2.24, 2.45) is 0 Å². The second-order valence-corrected chi connectivity index (χ2v) is 5.85. The van der Waals surface area contributed by atoms with E-state index in [0.29, 0.717) is 10.9 Å². The summed E-state index contributed by atoms with van der Waals surface area (Å²) in [6, 6.07) is 0. The van der Waals surface area contributed by atoms with Gasteiger partial charge in [0.05, 0.1) is 0 Å². The van der Waals surface area contributed by atoms with E-state index in [4.69, 9.17) is 4.74 Å². The van der Waals surface area contributed by atoms with Gasteiger partial charge < -0.3 is 4.74 Å². The summed E-state index contributed by atoms with van der Waals surface area (Å²) in [5, 5.41) is 0.977. The van der Waals surface area contributed by atoms with Crippen LogP contribution in [0.1, 0.15) is 39.0 Å². The average Bonchev–Trinajstić information content (AvgIpc) is 2.15. The van der Waals surface area contributed by atoms with E-state index in [0.717, 1.165) is 17.8 Å². The highest BCUT2D eigenvalue weighted by atomic mass is 32.2. The van der Waals surface area contributed by atoms with E-state index in [2.05, 4.69) is 13.2 Å². The topological polar surface area (TPSA) is 9.23 Å². The molecule has 0 aromatic carbocycles. The molecule has 2 heteroatoms. The lowest BCUT2D eigenvalue weighted by atomic mass is 10.0. The molecule has 0 saturated heterocycles. The quantitative estimate of drug-likeness (QED) is 0.618. The molecule has 0 amide bonds. The Morgan fingerprint density at radius 3 is 2.50 bits per heavy atom. The van der Waals surface area contributed by atoms with Gasteiger partial charge in [0, 0.05) is 17.5 Å². The summed E-state index contributed by atoms with van der Waals surface area (Å²) < 4.78 is 5.46. The van der Waals surface area contributed by atoms with Gasteiger partial charge in [-0.15, -0.1) is 0 Å². The molecule has 1 saturated carbocycles. The summed E-state index contributed by atoms with van der Waals surface area (Å²) in [5.74, 6) is 1.00. The van der Waals surface area contributed by atoms with Crippen LogP contribution in [-0.2, 0) is 15.6 Å². The van der Waals surface area contributed by atoms with Crippen LogP contribution in [0.3, 0.4) is 0 Å². The molecule has 1 atom stereocenters. The minimum Gasteiger partial charge on any atom is -0.336 e. The van der Waals surface area contributed by atoms with Crippen LogP contribution in [0.25, 0.3) is 0 Å². The van der Waals surface area contributed by atoms with Crippen molar-refractivity contribution >= 4 is 10.9 Å². The normalized spacial score (nSPS) is 22.5. The molecular formula is C10H21OS+. The lowest BCUT2D eigenvalue weighted by Gasteiger charge is -2.20. The van der Waals surface area contributed by atoms with Gasteiger partial charge in [-0.05, 0) is 32.6 Å². The maximum atomic E-state index is 5.46. The molecule has 0 aliphatic heterocycles. The Kier molecular flexibility index (Phi) is 5.08. The molecule has 0 heterocycles. The molecule has 0 bridgehead atoms. The van der Waals surface area contributed by atoms with Crippen molar-refractivity contribution in [3.8, 4) is 0 Å². The molecule has 1 nitrogen and oxygen atoms in total. The van der Waals surface area contributed by atoms with Crippen LogP contribution in [0.5, 0.6) is 0 Å². The van der Waals surface area contributed by atoms with Crippen LogP contribution in [-0.4, -0.2) is 24.1 Å². The van der Waals surface area contributed by atoms with E-state index in [1.165, 1.54) is 32.1 Å². The molecule has 0 aromatic rings. The van der Waals surface area contributed by atoms with Crippen LogP contribution >= 0.6 is 0 Å². The standard InChI is InChI=1S/C10H21OS/c1-3-11-9-12(2)10-7-5-4-6-8-10/h10H,3-9H2,1-2H3/q+1. The van der Waals surface area contributed by atoms with Gasteiger partial charge in [0.15, 0.2) is 0 Å². The number of ether oxygens (including phenoxy) is 1. The molecule has 0 radical (unpaired) electrons. The maximum absolute atomic E-state index is 5.46. The molecule has 1 rings (SSSR count). The Hall–Kier alpha value is 0.310. The van der Waals surface area contributed by atoms with Gasteiger partial charge in [-0.25, -0.2) is 0 Å². The van der Waals surface area contributed by atoms with Crippen molar-refractivity contribution in [1.29, 1.82) is 0 Å². The zero-order chi connectivity index (χ0) is 8.81. The van der Waals surface area contributed by atoms with Gasteiger partial charge in [-0.3, -0.25) is 0 Å². The van der Waals surface area contributed by atoms with Gasteiger partial charge in [0.1, 0.15) is 11.5 Å². The fourth-order valence-electron chi connectivity index (χ4n) is 1.78. The Morgan fingerprint density at radius 1 is 1.25 bits per heavy atom. The minimum absolute atomic E-state index is 0.521. The maximum Gasteiger partial charge on any atom is 0.207 e. The second kappa shape index (κ2) is 5.87. The summed E-state index contributed by atoms with van der Waals surface area (Å²) in [7, 11) is 0.521. The van der Waals surface area contributed by atoms with Crippen molar-refractivity contribution < 1.29 is 4.74 Å². The molecular weight excluding hydrogens is 168 g/mol. The van der Waals surface area contributed by atoms with E-state index >= 15 is 0 Å². The molecule has 12 heavy (non-hydrogen) atoms. The SMILES string of the molecule is CCOC[S+](C)C1CCCCC1. The third-order valence-electron chi connectivity index (χ3n) is 2.59. The first-order valence-electron chi connectivity index (χ1n) is 5.03. The average molecular weight is 189 g/mol. The molecule has 1 aliphatic rings. The number of hydrogen-bond donors (Lipinski definition) is 0. The lowest BCUT2D eigenvalue weighted by molar-refractivity contribution is 0.196. The first-order chi connectivity index (χ1) is 5.84. The van der Waals surface area contributed by atoms with Gasteiger partial charge in [-0.2, -0.15) is 0 Å². The van der Waals surface area contributed by atoms with Crippen molar-refractivity contribution in [2.45, 2.75) is 44.3 Å². The highest BCUT2D eigenvalue weighted by Crippen LogP contribution is 2.24. The molecule has 0 N–H and O–H groups in total. The predicted molar refractivity (Wildman–Crippen MR) is 56.7 cm³/mol. The Bertz CT molecular complexity index is 110. The molecule has 1 fully saturated rings. The van der Waals surface area contributed by atoms with Crippen LogP contribution in [0.2, 0.25) is 0 Å². The van der Waals surface area contributed by atoms with Gasteiger partial charge >= 0.3 is 0 Å². The zero-order valence-corrected chi connectivity index (χ0v) is 9.16. The molecule has 0 spiro atoms. The van der Waals surface area contributed by atoms with E-state index < -0.39 is 0 Å². The number of hydrogen-bond acceptors (Lipinski definition) is 1. The van der Waals surface area contributed by atoms with Gasteiger partial charge in [0.2, 0.25) is 5.94 Å². The molecule has 1 unspecified atom stereocenters. The minimum atomic E-state index is 0.521. The predicted octanol–water partition coefficient (Wildman–Crippen LogP) is 2.56. The fourth-order valence-corrected chi connectivity index (χ4v) is 3.54. The van der Waals surface area contributed by atoms with E-state index in [-0.39, 0.29) is 0 Å². The largest absolute Gasteiger partial charge is 0.336 e. The Morgan fingerprint density at radius 2 is 1.92 bits per heavy atom.